The lowest BCUT2D eigenvalue weighted by molar-refractivity contribution is -0.385. The first kappa shape index (κ1) is 18.3. The standard InChI is InChI=1S/C18H22N2O6/c1-11-5-7-18(8-6-11)19(15(10-26-18)17(22)23)16(21)13-4-3-12(2)14(9-13)20(24)25/h3-4,9,11,15H,5-8,10H2,1-2H3,(H,22,23)/t11?,15-,18?/m1/s1. The molecule has 1 heterocycles. The number of carboxylic acid groups (broad SMARTS) is 1. The van der Waals surface area contributed by atoms with E-state index in [1.165, 1.54) is 23.1 Å². The van der Waals surface area contributed by atoms with E-state index in [1.54, 1.807) is 6.92 Å². The second-order valence-corrected chi connectivity index (χ2v) is 7.23. The van der Waals surface area contributed by atoms with Gasteiger partial charge in [-0.25, -0.2) is 4.79 Å². The molecule has 1 aromatic carbocycles. The summed E-state index contributed by atoms with van der Waals surface area (Å²) in [4.78, 5) is 36.8. The van der Waals surface area contributed by atoms with Crippen molar-refractivity contribution in [1.82, 2.24) is 4.90 Å². The number of carboxylic acids is 1. The molecule has 0 radical (unpaired) electrons. The number of hydrogen-bond donors (Lipinski definition) is 1. The zero-order chi connectivity index (χ0) is 19.1. The fourth-order valence-corrected chi connectivity index (χ4v) is 3.85. The molecule has 0 bridgehead atoms. The normalized spacial score (nSPS) is 28.3. The average molecular weight is 362 g/mol. The van der Waals surface area contributed by atoms with Crippen molar-refractivity contribution in [2.24, 2.45) is 5.92 Å². The molecule has 1 amide bonds. The lowest BCUT2D eigenvalue weighted by Crippen LogP contribution is -2.55. The molecule has 2 fully saturated rings. The van der Waals surface area contributed by atoms with E-state index in [-0.39, 0.29) is 17.9 Å². The predicted octanol–water partition coefficient (Wildman–Crippen LogP) is 2.74. The number of ether oxygens (including phenoxy) is 1. The summed E-state index contributed by atoms with van der Waals surface area (Å²) < 4.78 is 5.85. The third-order valence-corrected chi connectivity index (χ3v) is 5.47. The van der Waals surface area contributed by atoms with E-state index in [1.807, 2.05) is 0 Å². The van der Waals surface area contributed by atoms with Crippen LogP contribution in [0.3, 0.4) is 0 Å². The number of amides is 1. The van der Waals surface area contributed by atoms with Crippen LogP contribution in [0.2, 0.25) is 0 Å². The van der Waals surface area contributed by atoms with E-state index < -0.39 is 28.6 Å². The first-order valence-electron chi connectivity index (χ1n) is 8.70. The summed E-state index contributed by atoms with van der Waals surface area (Å²) in [6.45, 7) is 3.64. The number of aryl methyl sites for hydroxylation is 1. The molecule has 3 rings (SSSR count). The fourth-order valence-electron chi connectivity index (χ4n) is 3.85. The topological polar surface area (TPSA) is 110 Å². The fraction of sp³-hybridized carbons (Fsp3) is 0.556. The van der Waals surface area contributed by atoms with Crippen LogP contribution >= 0.6 is 0 Å². The first-order valence-corrected chi connectivity index (χ1v) is 8.70. The average Bonchev–Trinajstić information content (AvgIpc) is 2.96. The van der Waals surface area contributed by atoms with E-state index in [2.05, 4.69) is 6.92 Å². The molecule has 1 saturated carbocycles. The summed E-state index contributed by atoms with van der Waals surface area (Å²) in [6, 6.07) is 3.14. The molecule has 1 saturated heterocycles. The van der Waals surface area contributed by atoms with Gasteiger partial charge in [-0.3, -0.25) is 19.8 Å². The highest BCUT2D eigenvalue weighted by molar-refractivity contribution is 5.98. The molecule has 8 heteroatoms. The molecule has 1 aromatic rings. The maximum Gasteiger partial charge on any atom is 0.328 e. The molecule has 2 aliphatic rings. The zero-order valence-corrected chi connectivity index (χ0v) is 14.8. The van der Waals surface area contributed by atoms with Crippen molar-refractivity contribution in [1.29, 1.82) is 0 Å². The quantitative estimate of drug-likeness (QED) is 0.654. The lowest BCUT2D eigenvalue weighted by Gasteiger charge is -2.42. The smallest absolute Gasteiger partial charge is 0.328 e. The number of nitro groups is 1. The van der Waals surface area contributed by atoms with Gasteiger partial charge < -0.3 is 9.84 Å². The minimum Gasteiger partial charge on any atom is -0.480 e. The van der Waals surface area contributed by atoms with E-state index in [9.17, 15) is 24.8 Å². The van der Waals surface area contributed by atoms with Gasteiger partial charge in [0.05, 0.1) is 11.5 Å². The maximum atomic E-state index is 13.2. The Hall–Kier alpha value is -2.48. The summed E-state index contributed by atoms with van der Waals surface area (Å²) in [5.74, 6) is -1.17. The van der Waals surface area contributed by atoms with Crippen LogP contribution in [0, 0.1) is 23.0 Å². The van der Waals surface area contributed by atoms with Gasteiger partial charge in [0.1, 0.15) is 5.72 Å². The van der Waals surface area contributed by atoms with Crippen LogP contribution in [-0.2, 0) is 9.53 Å². The SMILES string of the molecule is Cc1ccc(C(=O)N2[C@@H](C(=O)O)COC23CCC(C)CC3)cc1[N+](=O)[O-]. The summed E-state index contributed by atoms with van der Waals surface area (Å²) in [5.41, 5.74) is -0.543. The third-order valence-electron chi connectivity index (χ3n) is 5.47. The van der Waals surface area contributed by atoms with Gasteiger partial charge in [0.2, 0.25) is 0 Å². The van der Waals surface area contributed by atoms with Gasteiger partial charge in [0.25, 0.3) is 11.6 Å². The maximum absolute atomic E-state index is 13.2. The Labute approximate surface area is 150 Å². The van der Waals surface area contributed by atoms with Gasteiger partial charge in [0, 0.05) is 17.2 Å². The molecular formula is C18H22N2O6. The molecule has 1 aliphatic carbocycles. The van der Waals surface area contributed by atoms with Crippen molar-refractivity contribution in [3.63, 3.8) is 0 Å². The van der Waals surface area contributed by atoms with Crippen LogP contribution in [0.1, 0.15) is 48.5 Å². The van der Waals surface area contributed by atoms with Crippen LogP contribution in [-0.4, -0.2) is 45.2 Å². The molecule has 1 spiro atoms. The Balaban J connectivity index is 1.99. The molecule has 0 unspecified atom stereocenters. The van der Waals surface area contributed by atoms with Gasteiger partial charge in [-0.05, 0) is 44.6 Å². The van der Waals surface area contributed by atoms with Crippen molar-refractivity contribution in [3.8, 4) is 0 Å². The van der Waals surface area contributed by atoms with Crippen molar-refractivity contribution < 1.29 is 24.4 Å². The molecule has 1 aliphatic heterocycles. The van der Waals surface area contributed by atoms with Crippen LogP contribution < -0.4 is 0 Å². The summed E-state index contributed by atoms with van der Waals surface area (Å²) >= 11 is 0. The highest BCUT2D eigenvalue weighted by atomic mass is 16.6. The van der Waals surface area contributed by atoms with E-state index in [0.717, 1.165) is 12.8 Å². The van der Waals surface area contributed by atoms with E-state index in [0.29, 0.717) is 24.3 Å². The molecule has 1 atom stereocenters. The number of nitrogens with zero attached hydrogens (tertiary/aromatic N) is 2. The van der Waals surface area contributed by atoms with Crippen LogP contribution in [0.25, 0.3) is 0 Å². The van der Waals surface area contributed by atoms with Gasteiger partial charge in [-0.15, -0.1) is 0 Å². The number of carbonyl (C=O) groups is 2. The van der Waals surface area contributed by atoms with Gasteiger partial charge in [0.15, 0.2) is 6.04 Å². The molecule has 140 valence electrons. The minimum atomic E-state index is -1.13. The molecule has 0 aromatic heterocycles. The van der Waals surface area contributed by atoms with E-state index in [4.69, 9.17) is 4.74 Å². The van der Waals surface area contributed by atoms with E-state index >= 15 is 0 Å². The Morgan fingerprint density at radius 2 is 2.00 bits per heavy atom. The number of rotatable bonds is 3. The number of hydrogen-bond acceptors (Lipinski definition) is 5. The number of aliphatic carboxylic acids is 1. The largest absolute Gasteiger partial charge is 0.480 e. The molecule has 8 nitrogen and oxygen atoms in total. The second-order valence-electron chi connectivity index (χ2n) is 7.23. The van der Waals surface area contributed by atoms with Crippen molar-refractivity contribution in [3.05, 3.63) is 39.4 Å². The summed E-state index contributed by atoms with van der Waals surface area (Å²) in [7, 11) is 0. The lowest BCUT2D eigenvalue weighted by atomic mass is 9.83. The number of benzene rings is 1. The Morgan fingerprint density at radius 1 is 1.35 bits per heavy atom. The summed E-state index contributed by atoms with van der Waals surface area (Å²) in [6.07, 6.45) is 2.81. The van der Waals surface area contributed by atoms with Crippen LogP contribution in [0.15, 0.2) is 18.2 Å². The minimum absolute atomic E-state index is 0.0661. The third kappa shape index (κ3) is 3.05. The van der Waals surface area contributed by atoms with Crippen LogP contribution in [0.5, 0.6) is 0 Å². The van der Waals surface area contributed by atoms with Crippen LogP contribution in [0.4, 0.5) is 5.69 Å². The Kier molecular flexibility index (Phi) is 4.70. The Morgan fingerprint density at radius 3 is 2.58 bits per heavy atom. The summed E-state index contributed by atoms with van der Waals surface area (Å²) in [5, 5.41) is 20.7. The number of carbonyl (C=O) groups excluding carboxylic acids is 1. The highest BCUT2D eigenvalue weighted by Gasteiger charge is 2.53. The highest BCUT2D eigenvalue weighted by Crippen LogP contribution is 2.43. The van der Waals surface area contributed by atoms with Crippen molar-refractivity contribution in [2.45, 2.75) is 51.3 Å². The second kappa shape index (κ2) is 6.68. The molecular weight excluding hydrogens is 340 g/mol. The Bertz CT molecular complexity index is 754. The van der Waals surface area contributed by atoms with Gasteiger partial charge in [-0.1, -0.05) is 13.0 Å². The predicted molar refractivity (Wildman–Crippen MR) is 91.7 cm³/mol. The van der Waals surface area contributed by atoms with Gasteiger partial charge in [-0.2, -0.15) is 0 Å². The molecule has 26 heavy (non-hydrogen) atoms. The van der Waals surface area contributed by atoms with Gasteiger partial charge >= 0.3 is 5.97 Å². The monoisotopic (exact) mass is 362 g/mol. The van der Waals surface area contributed by atoms with Crippen molar-refractivity contribution >= 4 is 17.6 Å². The zero-order valence-electron chi connectivity index (χ0n) is 14.8. The first-order chi connectivity index (χ1) is 12.2. The molecule has 1 N–H and O–H groups in total. The number of nitro benzene ring substituents is 1. The van der Waals surface area contributed by atoms with Crippen molar-refractivity contribution in [2.75, 3.05) is 6.61 Å².